The van der Waals surface area contributed by atoms with E-state index < -0.39 is 45.5 Å². The first-order valence-corrected chi connectivity index (χ1v) is 6.40. The summed E-state index contributed by atoms with van der Waals surface area (Å²) < 4.78 is 51.7. The van der Waals surface area contributed by atoms with Gasteiger partial charge in [-0.05, 0) is 18.6 Å². The molecule has 0 saturated heterocycles. The molecule has 0 aromatic heterocycles. The van der Waals surface area contributed by atoms with Crippen molar-refractivity contribution in [3.05, 3.63) is 29.3 Å². The van der Waals surface area contributed by atoms with Gasteiger partial charge in [-0.25, -0.2) is 21.9 Å². The molecule has 0 unspecified atom stereocenters. The molecule has 0 aliphatic carbocycles. The van der Waals surface area contributed by atoms with E-state index in [9.17, 15) is 22.0 Å². The fourth-order valence-electron chi connectivity index (χ4n) is 1.21. The van der Waals surface area contributed by atoms with Crippen LogP contribution in [-0.2, 0) is 14.8 Å². The van der Waals surface area contributed by atoms with Crippen molar-refractivity contribution in [1.29, 1.82) is 0 Å². The van der Waals surface area contributed by atoms with Gasteiger partial charge in [0.25, 0.3) is 0 Å². The highest BCUT2D eigenvalue weighted by molar-refractivity contribution is 7.89. The number of carboxylic acids is 1. The molecule has 0 bridgehead atoms. The average Bonchev–Trinajstić information content (AvgIpc) is 2.24. The first kappa shape index (κ1) is 14.5. The second-order valence-electron chi connectivity index (χ2n) is 3.55. The van der Waals surface area contributed by atoms with Crippen LogP contribution in [0.2, 0.25) is 0 Å². The van der Waals surface area contributed by atoms with Crippen molar-refractivity contribution < 1.29 is 27.1 Å². The molecule has 18 heavy (non-hydrogen) atoms. The predicted octanol–water partition coefficient (Wildman–Crippen LogP) is 1.03. The highest BCUT2D eigenvalue weighted by Crippen LogP contribution is 2.19. The Morgan fingerprint density at radius 3 is 2.50 bits per heavy atom. The van der Waals surface area contributed by atoms with E-state index in [2.05, 4.69) is 0 Å². The number of benzene rings is 1. The second-order valence-corrected chi connectivity index (χ2v) is 5.29. The molecule has 100 valence electrons. The number of nitrogens with one attached hydrogen (secondary N) is 1. The van der Waals surface area contributed by atoms with Crippen molar-refractivity contribution >= 4 is 16.0 Å². The summed E-state index contributed by atoms with van der Waals surface area (Å²) in [7, 11) is -4.25. The van der Waals surface area contributed by atoms with Crippen molar-refractivity contribution in [3.63, 3.8) is 0 Å². The Balaban J connectivity index is 2.99. The standard InChI is InChI=1S/C10H11F2NO4S/c1-6-2-3-7(10(12)9(6)11)18(16,17)13-5-4-8(14)15/h2-3,13H,4-5H2,1H3,(H,14,15). The van der Waals surface area contributed by atoms with E-state index in [-0.39, 0.29) is 5.56 Å². The monoisotopic (exact) mass is 279 g/mol. The Labute approximate surface area is 102 Å². The molecule has 5 nitrogen and oxygen atoms in total. The maximum Gasteiger partial charge on any atom is 0.304 e. The summed E-state index contributed by atoms with van der Waals surface area (Å²) in [5, 5.41) is 8.35. The maximum absolute atomic E-state index is 13.4. The smallest absolute Gasteiger partial charge is 0.304 e. The Hall–Kier alpha value is -1.54. The van der Waals surface area contributed by atoms with Crippen molar-refractivity contribution in [2.24, 2.45) is 0 Å². The molecule has 1 aromatic rings. The van der Waals surface area contributed by atoms with Gasteiger partial charge in [-0.3, -0.25) is 4.79 Å². The summed E-state index contributed by atoms with van der Waals surface area (Å²) in [5.41, 5.74) is -0.0167. The summed E-state index contributed by atoms with van der Waals surface area (Å²) in [6.45, 7) is 0.902. The quantitative estimate of drug-likeness (QED) is 0.843. The molecule has 0 saturated carbocycles. The van der Waals surface area contributed by atoms with E-state index >= 15 is 0 Å². The first-order valence-electron chi connectivity index (χ1n) is 4.92. The van der Waals surface area contributed by atoms with Gasteiger partial charge in [0.2, 0.25) is 10.0 Å². The Morgan fingerprint density at radius 2 is 1.94 bits per heavy atom. The zero-order chi connectivity index (χ0) is 13.9. The predicted molar refractivity (Wildman–Crippen MR) is 58.5 cm³/mol. The fourth-order valence-corrected chi connectivity index (χ4v) is 2.30. The molecule has 0 amide bonds. The van der Waals surface area contributed by atoms with E-state index in [0.29, 0.717) is 0 Å². The first-order chi connectivity index (χ1) is 8.25. The van der Waals surface area contributed by atoms with E-state index in [1.165, 1.54) is 6.92 Å². The van der Waals surface area contributed by atoms with E-state index in [1.807, 2.05) is 4.72 Å². The van der Waals surface area contributed by atoms with Crippen LogP contribution >= 0.6 is 0 Å². The lowest BCUT2D eigenvalue weighted by molar-refractivity contribution is -0.136. The lowest BCUT2D eigenvalue weighted by atomic mass is 10.2. The molecule has 0 spiro atoms. The number of aryl methyl sites for hydroxylation is 1. The van der Waals surface area contributed by atoms with Crippen LogP contribution in [0.4, 0.5) is 8.78 Å². The molecule has 0 heterocycles. The van der Waals surface area contributed by atoms with Crippen LogP contribution in [0.5, 0.6) is 0 Å². The van der Waals surface area contributed by atoms with Crippen LogP contribution < -0.4 is 4.72 Å². The molecule has 0 aliphatic heterocycles. The zero-order valence-electron chi connectivity index (χ0n) is 9.41. The van der Waals surface area contributed by atoms with Crippen LogP contribution in [0, 0.1) is 18.6 Å². The molecule has 8 heteroatoms. The summed E-state index contributed by atoms with van der Waals surface area (Å²) in [4.78, 5) is 9.38. The highest BCUT2D eigenvalue weighted by atomic mass is 32.2. The van der Waals surface area contributed by atoms with Gasteiger partial charge in [-0.2, -0.15) is 0 Å². The van der Waals surface area contributed by atoms with E-state index in [1.54, 1.807) is 0 Å². The van der Waals surface area contributed by atoms with Crippen molar-refractivity contribution in [2.45, 2.75) is 18.2 Å². The topological polar surface area (TPSA) is 83.5 Å². The van der Waals surface area contributed by atoms with Gasteiger partial charge in [0, 0.05) is 6.54 Å². The number of rotatable bonds is 5. The lowest BCUT2D eigenvalue weighted by Gasteiger charge is -2.08. The van der Waals surface area contributed by atoms with Crippen LogP contribution in [0.25, 0.3) is 0 Å². The van der Waals surface area contributed by atoms with Crippen LogP contribution in [0.15, 0.2) is 17.0 Å². The molecular weight excluding hydrogens is 268 g/mol. The van der Waals surface area contributed by atoms with Crippen molar-refractivity contribution in [2.75, 3.05) is 6.54 Å². The van der Waals surface area contributed by atoms with E-state index in [4.69, 9.17) is 5.11 Å². The van der Waals surface area contributed by atoms with Crippen LogP contribution in [-0.4, -0.2) is 26.0 Å². The third-order valence-electron chi connectivity index (χ3n) is 2.16. The van der Waals surface area contributed by atoms with Gasteiger partial charge in [0.05, 0.1) is 6.42 Å². The number of aliphatic carboxylic acids is 1. The molecule has 1 aromatic carbocycles. The van der Waals surface area contributed by atoms with Gasteiger partial charge in [-0.15, -0.1) is 0 Å². The lowest BCUT2D eigenvalue weighted by Crippen LogP contribution is -2.27. The minimum atomic E-state index is -4.25. The summed E-state index contributed by atoms with van der Waals surface area (Å²) in [5.74, 6) is -3.91. The third-order valence-corrected chi connectivity index (χ3v) is 3.64. The Kier molecular flexibility index (Phi) is 4.36. The second kappa shape index (κ2) is 5.40. The SMILES string of the molecule is Cc1ccc(S(=O)(=O)NCCC(=O)O)c(F)c1F. The third kappa shape index (κ3) is 3.23. The molecule has 1 rings (SSSR count). The number of halogens is 2. The number of sulfonamides is 1. The summed E-state index contributed by atoms with van der Waals surface area (Å²) in [6, 6.07) is 2.06. The number of hydrogen-bond donors (Lipinski definition) is 2. The molecule has 0 fully saturated rings. The molecular formula is C10H11F2NO4S. The van der Waals surface area contributed by atoms with Crippen molar-refractivity contribution in [3.8, 4) is 0 Å². The summed E-state index contributed by atoms with van der Waals surface area (Å²) in [6.07, 6.45) is -0.449. The minimum Gasteiger partial charge on any atom is -0.481 e. The van der Waals surface area contributed by atoms with Gasteiger partial charge in [-0.1, -0.05) is 6.07 Å². The fraction of sp³-hybridized carbons (Fsp3) is 0.300. The van der Waals surface area contributed by atoms with Gasteiger partial charge >= 0.3 is 5.97 Å². The number of hydrogen-bond acceptors (Lipinski definition) is 3. The van der Waals surface area contributed by atoms with Gasteiger partial charge in [0.1, 0.15) is 4.90 Å². The molecule has 2 N–H and O–H groups in total. The van der Waals surface area contributed by atoms with Crippen LogP contribution in [0.3, 0.4) is 0 Å². The highest BCUT2D eigenvalue weighted by Gasteiger charge is 2.22. The van der Waals surface area contributed by atoms with Crippen LogP contribution in [0.1, 0.15) is 12.0 Å². The number of carboxylic acid groups (broad SMARTS) is 1. The largest absolute Gasteiger partial charge is 0.481 e. The maximum atomic E-state index is 13.4. The van der Waals surface area contributed by atoms with Gasteiger partial charge in [0.15, 0.2) is 11.6 Å². The van der Waals surface area contributed by atoms with E-state index in [0.717, 1.165) is 12.1 Å². The number of carbonyl (C=O) groups is 1. The van der Waals surface area contributed by atoms with Crippen molar-refractivity contribution in [1.82, 2.24) is 4.72 Å². The average molecular weight is 279 g/mol. The Bertz CT molecular complexity index is 571. The minimum absolute atomic E-state index is 0.0167. The zero-order valence-corrected chi connectivity index (χ0v) is 10.2. The Morgan fingerprint density at radius 1 is 1.33 bits per heavy atom. The summed E-state index contributed by atoms with van der Waals surface area (Å²) >= 11 is 0. The normalized spacial score (nSPS) is 11.5. The molecule has 0 atom stereocenters. The van der Waals surface area contributed by atoms with Gasteiger partial charge < -0.3 is 5.11 Å². The molecule has 0 radical (unpaired) electrons. The molecule has 0 aliphatic rings.